The fourth-order valence-corrected chi connectivity index (χ4v) is 3.19. The van der Waals surface area contributed by atoms with Crippen molar-refractivity contribution in [2.24, 2.45) is 4.99 Å². The van der Waals surface area contributed by atoms with Gasteiger partial charge in [0.25, 0.3) is 0 Å². The van der Waals surface area contributed by atoms with E-state index in [1.165, 1.54) is 0 Å². The number of hydrogen-bond acceptors (Lipinski definition) is 4. The molecule has 3 rings (SSSR count). The summed E-state index contributed by atoms with van der Waals surface area (Å²) in [5, 5.41) is 0. The Labute approximate surface area is 154 Å². The molecule has 0 bridgehead atoms. The van der Waals surface area contributed by atoms with Gasteiger partial charge in [-0.1, -0.05) is 48.5 Å². The number of anilines is 1. The van der Waals surface area contributed by atoms with E-state index in [0.717, 1.165) is 35.4 Å². The van der Waals surface area contributed by atoms with Crippen molar-refractivity contribution in [3.8, 4) is 0 Å². The molecule has 0 saturated carbocycles. The number of benzene rings is 2. The van der Waals surface area contributed by atoms with Crippen LogP contribution in [0.5, 0.6) is 0 Å². The molecular formula is C21H25N3O2. The van der Waals surface area contributed by atoms with Crippen LogP contribution in [0.15, 0.2) is 59.6 Å². The molecule has 0 aromatic heterocycles. The molecule has 1 heterocycles. The van der Waals surface area contributed by atoms with Gasteiger partial charge in [-0.15, -0.1) is 0 Å². The Morgan fingerprint density at radius 1 is 1.12 bits per heavy atom. The molecule has 136 valence electrons. The van der Waals surface area contributed by atoms with Crippen molar-refractivity contribution in [3.63, 3.8) is 0 Å². The molecule has 2 N–H and O–H groups in total. The van der Waals surface area contributed by atoms with Crippen molar-refractivity contribution in [1.29, 1.82) is 0 Å². The molecule has 2 aromatic carbocycles. The summed E-state index contributed by atoms with van der Waals surface area (Å²) < 4.78 is 5.08. The fraction of sp³-hybridized carbons (Fsp3) is 0.333. The Morgan fingerprint density at radius 2 is 1.77 bits per heavy atom. The number of piperidine rings is 1. The predicted molar refractivity (Wildman–Crippen MR) is 104 cm³/mol. The second-order valence-electron chi connectivity index (χ2n) is 6.32. The van der Waals surface area contributed by atoms with Crippen LogP contribution in [0.25, 0.3) is 0 Å². The lowest BCUT2D eigenvalue weighted by Gasteiger charge is -2.28. The molecule has 1 unspecified atom stereocenters. The highest BCUT2D eigenvalue weighted by molar-refractivity contribution is 5.87. The number of nitrogen functional groups attached to an aromatic ring is 1. The molecule has 5 heteroatoms. The lowest BCUT2D eigenvalue weighted by Crippen LogP contribution is -2.39. The summed E-state index contributed by atoms with van der Waals surface area (Å²) in [5.74, 6) is 0. The van der Waals surface area contributed by atoms with Crippen LogP contribution in [0.2, 0.25) is 0 Å². The van der Waals surface area contributed by atoms with Crippen LogP contribution >= 0.6 is 0 Å². The number of nitrogens with zero attached hydrogens (tertiary/aromatic N) is 2. The summed E-state index contributed by atoms with van der Waals surface area (Å²) in [4.78, 5) is 18.6. The van der Waals surface area contributed by atoms with Crippen molar-refractivity contribution in [2.45, 2.75) is 25.8 Å². The predicted octanol–water partition coefficient (Wildman–Crippen LogP) is 4.05. The van der Waals surface area contributed by atoms with Crippen LogP contribution < -0.4 is 5.73 Å². The van der Waals surface area contributed by atoms with E-state index in [2.05, 4.69) is 12.1 Å². The molecule has 0 aliphatic carbocycles. The molecule has 1 fully saturated rings. The highest BCUT2D eigenvalue weighted by atomic mass is 16.6. The van der Waals surface area contributed by atoms with E-state index in [1.807, 2.05) is 49.4 Å². The Kier molecular flexibility index (Phi) is 5.89. The highest BCUT2D eigenvalue weighted by Crippen LogP contribution is 2.31. The minimum absolute atomic E-state index is 0.124. The largest absolute Gasteiger partial charge is 0.450 e. The van der Waals surface area contributed by atoms with Crippen LogP contribution in [0.4, 0.5) is 10.5 Å². The van der Waals surface area contributed by atoms with E-state index >= 15 is 0 Å². The Bertz CT molecular complexity index is 764. The normalized spacial score (nSPS) is 15.4. The van der Waals surface area contributed by atoms with Gasteiger partial charge < -0.3 is 15.4 Å². The molecular weight excluding hydrogens is 326 g/mol. The Balaban J connectivity index is 1.82. The van der Waals surface area contributed by atoms with Gasteiger partial charge in [0.2, 0.25) is 0 Å². The van der Waals surface area contributed by atoms with E-state index in [-0.39, 0.29) is 12.1 Å². The topological polar surface area (TPSA) is 67.9 Å². The number of amides is 1. The van der Waals surface area contributed by atoms with Crippen molar-refractivity contribution in [2.75, 3.05) is 25.4 Å². The Hall–Kier alpha value is -2.82. The summed E-state index contributed by atoms with van der Waals surface area (Å²) in [6, 6.07) is 17.9. The molecule has 5 nitrogen and oxygen atoms in total. The van der Waals surface area contributed by atoms with Gasteiger partial charge in [0.1, 0.15) is 6.04 Å². The van der Waals surface area contributed by atoms with Gasteiger partial charge in [-0.2, -0.15) is 0 Å². The lowest BCUT2D eigenvalue weighted by molar-refractivity contribution is 0.107. The number of rotatable bonds is 4. The Morgan fingerprint density at radius 3 is 2.42 bits per heavy atom. The van der Waals surface area contributed by atoms with E-state index in [4.69, 9.17) is 15.5 Å². The summed E-state index contributed by atoms with van der Waals surface area (Å²) in [5.41, 5.74) is 10.2. The molecule has 1 saturated heterocycles. The minimum atomic E-state index is -0.238. The number of carbonyl (C=O) groups excluding carboxylic acids is 1. The molecule has 1 aliphatic rings. The van der Waals surface area contributed by atoms with Crippen molar-refractivity contribution < 1.29 is 9.53 Å². The van der Waals surface area contributed by atoms with Gasteiger partial charge in [0, 0.05) is 42.9 Å². The summed E-state index contributed by atoms with van der Waals surface area (Å²) in [7, 11) is 0. The fourth-order valence-electron chi connectivity index (χ4n) is 3.19. The third kappa shape index (κ3) is 4.23. The maximum Gasteiger partial charge on any atom is 0.409 e. The second kappa shape index (κ2) is 8.52. The van der Waals surface area contributed by atoms with Gasteiger partial charge in [0.05, 0.1) is 6.61 Å². The number of nitrogens with two attached hydrogens (primary N) is 1. The molecule has 26 heavy (non-hydrogen) atoms. The van der Waals surface area contributed by atoms with Crippen LogP contribution in [0.1, 0.15) is 36.9 Å². The first-order valence-corrected chi connectivity index (χ1v) is 9.05. The summed E-state index contributed by atoms with van der Waals surface area (Å²) in [6.07, 6.45) is 1.28. The number of aliphatic imine (C=N–C) groups is 1. The summed E-state index contributed by atoms with van der Waals surface area (Å²) in [6.45, 7) is 3.51. The van der Waals surface area contributed by atoms with Crippen LogP contribution in [0, 0.1) is 0 Å². The van der Waals surface area contributed by atoms with Gasteiger partial charge >= 0.3 is 6.09 Å². The molecule has 1 aliphatic heterocycles. The van der Waals surface area contributed by atoms with E-state index in [1.54, 1.807) is 4.90 Å². The van der Waals surface area contributed by atoms with Gasteiger partial charge in [-0.05, 0) is 18.6 Å². The van der Waals surface area contributed by atoms with E-state index < -0.39 is 0 Å². The first-order chi connectivity index (χ1) is 12.7. The maximum absolute atomic E-state index is 11.9. The number of hydrogen-bond donors (Lipinski definition) is 1. The molecule has 1 amide bonds. The first kappa shape index (κ1) is 18.0. The quantitative estimate of drug-likeness (QED) is 0.845. The monoisotopic (exact) mass is 351 g/mol. The zero-order chi connectivity index (χ0) is 18.4. The maximum atomic E-state index is 11.9. The average Bonchev–Trinajstić information content (AvgIpc) is 2.68. The van der Waals surface area contributed by atoms with Gasteiger partial charge in [0.15, 0.2) is 0 Å². The van der Waals surface area contributed by atoms with Crippen molar-refractivity contribution in [1.82, 2.24) is 4.90 Å². The number of ether oxygens (including phenoxy) is 1. The molecule has 2 aromatic rings. The highest BCUT2D eigenvalue weighted by Gasteiger charge is 2.22. The minimum Gasteiger partial charge on any atom is -0.450 e. The smallest absolute Gasteiger partial charge is 0.409 e. The standard InChI is InChI=1S/C21H25N3O2/c1-2-26-21(25)24-14-12-17(13-15-24)23-20(16-8-4-3-5-9-16)18-10-6-7-11-19(18)22/h3-11,20H,2,12-15,22H2,1H3. The second-order valence-corrected chi connectivity index (χ2v) is 6.32. The van der Waals surface area contributed by atoms with E-state index in [0.29, 0.717) is 19.7 Å². The lowest BCUT2D eigenvalue weighted by atomic mass is 9.97. The molecule has 0 radical (unpaired) electrons. The van der Waals surface area contributed by atoms with Crippen LogP contribution in [0.3, 0.4) is 0 Å². The SMILES string of the molecule is CCOC(=O)N1CCC(=NC(c2ccccc2)c2ccccc2N)CC1. The number of carbonyl (C=O) groups is 1. The third-order valence-electron chi connectivity index (χ3n) is 4.58. The zero-order valence-corrected chi connectivity index (χ0v) is 15.1. The summed E-state index contributed by atoms with van der Waals surface area (Å²) >= 11 is 0. The van der Waals surface area contributed by atoms with Crippen LogP contribution in [-0.2, 0) is 4.74 Å². The number of para-hydroxylation sites is 1. The van der Waals surface area contributed by atoms with Crippen LogP contribution in [-0.4, -0.2) is 36.4 Å². The number of likely N-dealkylation sites (tertiary alicyclic amines) is 1. The average molecular weight is 351 g/mol. The van der Waals surface area contributed by atoms with E-state index in [9.17, 15) is 4.79 Å². The van der Waals surface area contributed by atoms with Gasteiger partial charge in [-0.25, -0.2) is 4.79 Å². The third-order valence-corrected chi connectivity index (χ3v) is 4.58. The zero-order valence-electron chi connectivity index (χ0n) is 15.1. The van der Waals surface area contributed by atoms with Crippen molar-refractivity contribution in [3.05, 3.63) is 65.7 Å². The molecule has 1 atom stereocenters. The van der Waals surface area contributed by atoms with Gasteiger partial charge in [-0.3, -0.25) is 4.99 Å². The molecule has 0 spiro atoms. The van der Waals surface area contributed by atoms with Crippen molar-refractivity contribution >= 4 is 17.5 Å². The first-order valence-electron chi connectivity index (χ1n) is 9.05.